The first-order valence-corrected chi connectivity index (χ1v) is 7.36. The fourth-order valence-corrected chi connectivity index (χ4v) is 2.47. The molecule has 2 N–H and O–H groups in total. The lowest BCUT2D eigenvalue weighted by molar-refractivity contribution is 0.390. The molecule has 0 aliphatic carbocycles. The van der Waals surface area contributed by atoms with Crippen LogP contribution < -0.4 is 10.5 Å². The maximum absolute atomic E-state index is 6.05. The van der Waals surface area contributed by atoms with Gasteiger partial charge in [-0.05, 0) is 18.4 Å². The van der Waals surface area contributed by atoms with E-state index in [0.29, 0.717) is 17.7 Å². The molecule has 0 aliphatic heterocycles. The number of hydrogen-bond acceptors (Lipinski definition) is 4. The number of hydrogen-bond donors (Lipinski definition) is 1. The molecule has 0 bridgehead atoms. The smallest absolute Gasteiger partial charge is 0.215 e. The number of unbranched alkanes of at least 4 members (excludes halogenated alkanes) is 1. The highest BCUT2D eigenvalue weighted by molar-refractivity contribution is 5.74. The zero-order chi connectivity index (χ0) is 14.5. The van der Waals surface area contributed by atoms with Crippen molar-refractivity contribution in [1.82, 2.24) is 14.5 Å². The van der Waals surface area contributed by atoms with Crippen LogP contribution in [0.15, 0.2) is 12.1 Å². The van der Waals surface area contributed by atoms with Crippen LogP contribution in [0.3, 0.4) is 0 Å². The Bertz CT molecular complexity index is 564. The Morgan fingerprint density at radius 2 is 2.10 bits per heavy atom. The number of nitrogens with two attached hydrogens (primary N) is 1. The summed E-state index contributed by atoms with van der Waals surface area (Å²) in [5, 5.41) is 0. The predicted octanol–water partition coefficient (Wildman–Crippen LogP) is 3.24. The van der Waals surface area contributed by atoms with Crippen molar-refractivity contribution in [2.24, 2.45) is 5.92 Å². The lowest BCUT2D eigenvalue weighted by Crippen LogP contribution is -2.13. The van der Waals surface area contributed by atoms with Gasteiger partial charge in [-0.25, -0.2) is 4.98 Å². The van der Waals surface area contributed by atoms with E-state index in [0.717, 1.165) is 24.1 Å². The van der Waals surface area contributed by atoms with E-state index in [2.05, 4.69) is 23.8 Å². The molecule has 5 heteroatoms. The summed E-state index contributed by atoms with van der Waals surface area (Å²) in [5.41, 5.74) is 7.69. The Morgan fingerprint density at radius 1 is 1.30 bits per heavy atom. The summed E-state index contributed by atoms with van der Waals surface area (Å²) in [7, 11) is 1.62. The van der Waals surface area contributed by atoms with Crippen molar-refractivity contribution in [3.63, 3.8) is 0 Å². The van der Waals surface area contributed by atoms with E-state index in [4.69, 9.17) is 10.5 Å². The van der Waals surface area contributed by atoms with E-state index < -0.39 is 0 Å². The van der Waals surface area contributed by atoms with E-state index in [1.54, 1.807) is 7.11 Å². The largest absolute Gasteiger partial charge is 0.481 e. The average molecular weight is 276 g/mol. The molecule has 1 atom stereocenters. The molecule has 0 saturated carbocycles. The number of fused-ring (bicyclic) bond motifs is 1. The summed E-state index contributed by atoms with van der Waals surface area (Å²) in [6.07, 6.45) is 4.84. The maximum atomic E-state index is 6.05. The predicted molar refractivity (Wildman–Crippen MR) is 81.8 cm³/mol. The minimum absolute atomic E-state index is 0.538. The Kier molecular flexibility index (Phi) is 4.82. The van der Waals surface area contributed by atoms with Crippen LogP contribution in [0.25, 0.3) is 11.2 Å². The number of pyridine rings is 1. The van der Waals surface area contributed by atoms with Crippen LogP contribution in [-0.2, 0) is 6.54 Å². The zero-order valence-electron chi connectivity index (χ0n) is 12.6. The zero-order valence-corrected chi connectivity index (χ0v) is 12.6. The first kappa shape index (κ1) is 14.6. The lowest BCUT2D eigenvalue weighted by atomic mass is 9.99. The number of rotatable bonds is 7. The third kappa shape index (κ3) is 3.03. The number of imidazole rings is 1. The first-order chi connectivity index (χ1) is 9.69. The molecule has 2 rings (SSSR count). The number of ether oxygens (including phenoxy) is 1. The van der Waals surface area contributed by atoms with Gasteiger partial charge in [-0.3, -0.25) is 4.57 Å². The van der Waals surface area contributed by atoms with Gasteiger partial charge in [0.05, 0.1) is 7.11 Å². The van der Waals surface area contributed by atoms with Crippen LogP contribution in [0, 0.1) is 5.92 Å². The van der Waals surface area contributed by atoms with Gasteiger partial charge in [0.2, 0.25) is 11.8 Å². The summed E-state index contributed by atoms with van der Waals surface area (Å²) >= 11 is 0. The molecule has 0 spiro atoms. The molecule has 0 aliphatic rings. The Balaban J connectivity index is 2.29. The summed E-state index contributed by atoms with van der Waals surface area (Å²) in [4.78, 5) is 8.86. The fourth-order valence-electron chi connectivity index (χ4n) is 2.47. The van der Waals surface area contributed by atoms with Gasteiger partial charge in [0.25, 0.3) is 0 Å². The van der Waals surface area contributed by atoms with E-state index >= 15 is 0 Å². The number of anilines is 1. The van der Waals surface area contributed by atoms with Crippen molar-refractivity contribution in [2.75, 3.05) is 12.8 Å². The van der Waals surface area contributed by atoms with Gasteiger partial charge in [0.1, 0.15) is 5.52 Å². The van der Waals surface area contributed by atoms with Crippen molar-refractivity contribution in [2.45, 2.75) is 46.1 Å². The van der Waals surface area contributed by atoms with Gasteiger partial charge in [-0.1, -0.05) is 33.1 Å². The topological polar surface area (TPSA) is 66.0 Å². The Morgan fingerprint density at radius 3 is 2.75 bits per heavy atom. The van der Waals surface area contributed by atoms with Crippen molar-refractivity contribution in [3.05, 3.63) is 12.1 Å². The maximum Gasteiger partial charge on any atom is 0.215 e. The normalized spacial score (nSPS) is 12.8. The highest BCUT2D eigenvalue weighted by Gasteiger charge is 2.14. The van der Waals surface area contributed by atoms with Crippen LogP contribution in [0.5, 0.6) is 5.88 Å². The molecule has 0 radical (unpaired) electrons. The molecular formula is C15H24N4O. The van der Waals surface area contributed by atoms with Gasteiger partial charge in [0, 0.05) is 12.6 Å². The molecule has 2 heterocycles. The highest BCUT2D eigenvalue weighted by atomic mass is 16.5. The Hall–Kier alpha value is -1.78. The van der Waals surface area contributed by atoms with Crippen LogP contribution in [0.2, 0.25) is 0 Å². The van der Waals surface area contributed by atoms with Crippen molar-refractivity contribution < 1.29 is 4.74 Å². The molecule has 0 saturated heterocycles. The third-order valence-corrected chi connectivity index (χ3v) is 3.79. The molecule has 2 aromatic heterocycles. The molecule has 110 valence electrons. The van der Waals surface area contributed by atoms with Gasteiger partial charge < -0.3 is 10.5 Å². The van der Waals surface area contributed by atoms with Crippen LogP contribution in [-0.4, -0.2) is 21.6 Å². The quantitative estimate of drug-likeness (QED) is 0.843. The fraction of sp³-hybridized carbons (Fsp3) is 0.600. The van der Waals surface area contributed by atoms with E-state index in [1.165, 1.54) is 19.3 Å². The second kappa shape index (κ2) is 6.59. The Labute approximate surface area is 120 Å². The SMILES string of the molecule is CCCCC(CC)Cn1c(N)nc2ccc(OC)nc21. The number of methoxy groups -OCH3 is 1. The highest BCUT2D eigenvalue weighted by Crippen LogP contribution is 2.23. The van der Waals surface area contributed by atoms with E-state index in [1.807, 2.05) is 16.7 Å². The molecular weight excluding hydrogens is 252 g/mol. The standard InChI is InChI=1S/C15H24N4O/c1-4-6-7-11(5-2)10-19-14-12(17-15(19)16)8-9-13(18-14)20-3/h8-9,11H,4-7,10H2,1-3H3,(H2,16,17). The van der Waals surface area contributed by atoms with Gasteiger partial charge >= 0.3 is 0 Å². The second-order valence-electron chi connectivity index (χ2n) is 5.19. The molecule has 0 amide bonds. The lowest BCUT2D eigenvalue weighted by Gasteiger charge is -2.16. The summed E-state index contributed by atoms with van der Waals surface area (Å²) < 4.78 is 7.21. The minimum Gasteiger partial charge on any atom is -0.481 e. The summed E-state index contributed by atoms with van der Waals surface area (Å²) in [6, 6.07) is 3.72. The first-order valence-electron chi connectivity index (χ1n) is 7.36. The molecule has 5 nitrogen and oxygen atoms in total. The van der Waals surface area contributed by atoms with E-state index in [-0.39, 0.29) is 0 Å². The van der Waals surface area contributed by atoms with Crippen LogP contribution in [0.1, 0.15) is 39.5 Å². The van der Waals surface area contributed by atoms with Crippen molar-refractivity contribution in [1.29, 1.82) is 0 Å². The molecule has 0 aromatic carbocycles. The van der Waals surface area contributed by atoms with Gasteiger partial charge in [0.15, 0.2) is 5.65 Å². The third-order valence-electron chi connectivity index (χ3n) is 3.79. The average Bonchev–Trinajstić information content (AvgIpc) is 2.78. The van der Waals surface area contributed by atoms with Crippen LogP contribution in [0.4, 0.5) is 5.95 Å². The number of aromatic nitrogens is 3. The van der Waals surface area contributed by atoms with Gasteiger partial charge in [-0.2, -0.15) is 4.98 Å². The van der Waals surface area contributed by atoms with E-state index in [9.17, 15) is 0 Å². The van der Waals surface area contributed by atoms with Crippen LogP contribution >= 0.6 is 0 Å². The number of nitrogens with zero attached hydrogens (tertiary/aromatic N) is 3. The summed E-state index contributed by atoms with van der Waals surface area (Å²) in [6.45, 7) is 5.32. The van der Waals surface area contributed by atoms with Crippen molar-refractivity contribution in [3.8, 4) is 5.88 Å². The molecule has 2 aromatic rings. The molecule has 0 fully saturated rings. The monoisotopic (exact) mass is 276 g/mol. The second-order valence-corrected chi connectivity index (χ2v) is 5.19. The molecule has 1 unspecified atom stereocenters. The molecule has 20 heavy (non-hydrogen) atoms. The summed E-state index contributed by atoms with van der Waals surface area (Å²) in [5.74, 6) is 1.75. The van der Waals surface area contributed by atoms with Gasteiger partial charge in [-0.15, -0.1) is 0 Å². The van der Waals surface area contributed by atoms with Crippen molar-refractivity contribution >= 4 is 17.1 Å². The minimum atomic E-state index is 0.538. The number of nitrogen functional groups attached to an aromatic ring is 1.